The van der Waals surface area contributed by atoms with Crippen LogP contribution in [-0.2, 0) is 0 Å². The molecule has 2 aromatic rings. The average Bonchev–Trinajstić information content (AvgIpc) is 3.08. The molecule has 5 heteroatoms. The minimum absolute atomic E-state index is 0.186. The largest absolute Gasteiger partial charge is 0.344 e. The van der Waals surface area contributed by atoms with Gasteiger partial charge in [-0.3, -0.25) is 0 Å². The van der Waals surface area contributed by atoms with Gasteiger partial charge in [-0.05, 0) is 43.5 Å². The summed E-state index contributed by atoms with van der Waals surface area (Å²) in [7, 11) is 0. The monoisotopic (exact) mass is 386 g/mol. The first-order valence-electron chi connectivity index (χ1n) is 11.2. The molecular weight excluding hydrogens is 348 g/mol. The Kier molecular flexibility index (Phi) is 10.0. The molecule has 0 aliphatic heterocycles. The van der Waals surface area contributed by atoms with E-state index in [1.165, 1.54) is 75.3 Å². The van der Waals surface area contributed by atoms with Crippen molar-refractivity contribution in [3.8, 4) is 0 Å². The van der Waals surface area contributed by atoms with E-state index in [9.17, 15) is 4.79 Å². The third-order valence-electron chi connectivity index (χ3n) is 5.56. The van der Waals surface area contributed by atoms with Crippen molar-refractivity contribution in [2.45, 2.75) is 97.8 Å². The molecule has 0 aliphatic rings. The number of amides is 1. The van der Waals surface area contributed by atoms with Crippen LogP contribution in [0.3, 0.4) is 0 Å². The number of hydrogen-bond donors (Lipinski definition) is 1. The number of benzene rings is 1. The maximum absolute atomic E-state index is 12.4. The molecule has 0 atom stereocenters. The van der Waals surface area contributed by atoms with Crippen LogP contribution in [0.2, 0.25) is 0 Å². The van der Waals surface area contributed by atoms with Gasteiger partial charge in [-0.25, -0.2) is 4.79 Å². The van der Waals surface area contributed by atoms with Gasteiger partial charge in [0.25, 0.3) is 0 Å². The molecule has 1 aromatic carbocycles. The van der Waals surface area contributed by atoms with E-state index < -0.39 is 0 Å². The molecule has 0 radical (unpaired) electrons. The van der Waals surface area contributed by atoms with E-state index in [2.05, 4.69) is 22.6 Å². The first-order chi connectivity index (χ1) is 13.6. The Balaban J connectivity index is 1.53. The van der Waals surface area contributed by atoms with Crippen molar-refractivity contribution < 1.29 is 4.79 Å². The highest BCUT2D eigenvalue weighted by Gasteiger charge is 2.12. The normalized spacial score (nSPS) is 11.2. The van der Waals surface area contributed by atoms with Gasteiger partial charge in [0, 0.05) is 6.54 Å². The van der Waals surface area contributed by atoms with E-state index in [0.29, 0.717) is 6.54 Å². The van der Waals surface area contributed by atoms with Gasteiger partial charge in [-0.1, -0.05) is 82.8 Å². The highest BCUT2D eigenvalue weighted by atomic mass is 16.2. The summed E-state index contributed by atoms with van der Waals surface area (Å²) in [5, 5.41) is 11.1. The fourth-order valence-electron chi connectivity index (χ4n) is 3.56. The van der Waals surface area contributed by atoms with Crippen molar-refractivity contribution in [2.24, 2.45) is 0 Å². The van der Waals surface area contributed by atoms with Crippen molar-refractivity contribution in [3.05, 3.63) is 23.3 Å². The van der Waals surface area contributed by atoms with Crippen LogP contribution < -0.4 is 5.32 Å². The molecule has 1 N–H and O–H groups in total. The van der Waals surface area contributed by atoms with Gasteiger partial charge in [-0.2, -0.15) is 4.68 Å². The number of carbonyl (C=O) groups is 1. The number of nitrogens with one attached hydrogen (secondary N) is 1. The third kappa shape index (κ3) is 7.25. The summed E-state index contributed by atoms with van der Waals surface area (Å²) >= 11 is 0. The number of carbonyl (C=O) groups excluding carboxylic acids is 1. The lowest BCUT2D eigenvalue weighted by atomic mass is 10.1. The molecule has 1 aromatic heterocycles. The van der Waals surface area contributed by atoms with Gasteiger partial charge in [0.1, 0.15) is 5.52 Å². The molecule has 0 fully saturated rings. The summed E-state index contributed by atoms with van der Waals surface area (Å²) in [6.07, 6.45) is 15.8. The average molecular weight is 387 g/mol. The molecule has 0 aliphatic carbocycles. The predicted molar refractivity (Wildman–Crippen MR) is 117 cm³/mol. The highest BCUT2D eigenvalue weighted by molar-refractivity contribution is 5.88. The number of hydrogen-bond acceptors (Lipinski definition) is 3. The molecule has 156 valence electrons. The predicted octanol–water partition coefficient (Wildman–Crippen LogP) is 6.31. The number of nitrogens with zero attached hydrogens (tertiary/aromatic N) is 3. The number of fused-ring (bicyclic) bond motifs is 1. The molecule has 28 heavy (non-hydrogen) atoms. The zero-order chi connectivity index (χ0) is 20.2. The smallest absolute Gasteiger partial charge is 0.336 e. The zero-order valence-electron chi connectivity index (χ0n) is 18.1. The Bertz CT molecular complexity index is 723. The van der Waals surface area contributed by atoms with Crippen LogP contribution in [0.15, 0.2) is 12.1 Å². The first-order valence-corrected chi connectivity index (χ1v) is 11.2. The van der Waals surface area contributed by atoms with Gasteiger partial charge >= 0.3 is 6.03 Å². The van der Waals surface area contributed by atoms with Crippen LogP contribution in [-0.4, -0.2) is 27.6 Å². The summed E-state index contributed by atoms with van der Waals surface area (Å²) in [6.45, 7) is 7.05. The molecular formula is C23H38N4O. The van der Waals surface area contributed by atoms with Crippen molar-refractivity contribution in [2.75, 3.05) is 6.54 Å². The van der Waals surface area contributed by atoms with Crippen molar-refractivity contribution in [1.29, 1.82) is 0 Å². The van der Waals surface area contributed by atoms with Crippen LogP contribution in [0, 0.1) is 13.8 Å². The van der Waals surface area contributed by atoms with E-state index in [0.717, 1.165) is 28.6 Å². The van der Waals surface area contributed by atoms with Crippen molar-refractivity contribution in [1.82, 2.24) is 20.3 Å². The van der Waals surface area contributed by atoms with Gasteiger partial charge in [0.05, 0.1) is 5.52 Å². The lowest BCUT2D eigenvalue weighted by Gasteiger charge is -2.06. The fourth-order valence-corrected chi connectivity index (χ4v) is 3.56. The molecule has 0 saturated heterocycles. The minimum atomic E-state index is -0.186. The molecule has 0 spiro atoms. The molecule has 2 rings (SSSR count). The molecule has 0 saturated carbocycles. The maximum atomic E-state index is 12.4. The van der Waals surface area contributed by atoms with Crippen LogP contribution in [0.4, 0.5) is 4.79 Å². The van der Waals surface area contributed by atoms with Gasteiger partial charge in [-0.15, -0.1) is 5.10 Å². The lowest BCUT2D eigenvalue weighted by Crippen LogP contribution is -2.30. The Labute approximate surface area is 170 Å². The number of aryl methyl sites for hydroxylation is 2. The topological polar surface area (TPSA) is 59.8 Å². The van der Waals surface area contributed by atoms with Gasteiger partial charge < -0.3 is 5.32 Å². The van der Waals surface area contributed by atoms with Crippen molar-refractivity contribution in [3.63, 3.8) is 0 Å². The van der Waals surface area contributed by atoms with E-state index >= 15 is 0 Å². The highest BCUT2D eigenvalue weighted by Crippen LogP contribution is 2.17. The van der Waals surface area contributed by atoms with Crippen LogP contribution in [0.1, 0.15) is 95.1 Å². The summed E-state index contributed by atoms with van der Waals surface area (Å²) in [5.41, 5.74) is 3.85. The number of unbranched alkanes of at least 4 members (excludes halogenated alkanes) is 11. The fraction of sp³-hybridized carbons (Fsp3) is 0.696. The molecule has 1 heterocycles. The Morgan fingerprint density at radius 3 is 2.00 bits per heavy atom. The van der Waals surface area contributed by atoms with Gasteiger partial charge in [0.2, 0.25) is 0 Å². The van der Waals surface area contributed by atoms with Gasteiger partial charge in [0.15, 0.2) is 0 Å². The van der Waals surface area contributed by atoms with E-state index in [-0.39, 0.29) is 6.03 Å². The van der Waals surface area contributed by atoms with Crippen molar-refractivity contribution >= 4 is 17.1 Å². The maximum Gasteiger partial charge on any atom is 0.344 e. The Hall–Kier alpha value is -1.91. The van der Waals surface area contributed by atoms with E-state index in [1.54, 1.807) is 0 Å². The second-order valence-electron chi connectivity index (χ2n) is 8.05. The molecule has 5 nitrogen and oxygen atoms in total. The van der Waals surface area contributed by atoms with E-state index in [4.69, 9.17) is 0 Å². The second-order valence-corrected chi connectivity index (χ2v) is 8.05. The number of aromatic nitrogens is 3. The summed E-state index contributed by atoms with van der Waals surface area (Å²) < 4.78 is 1.38. The Morgan fingerprint density at radius 2 is 1.39 bits per heavy atom. The minimum Gasteiger partial charge on any atom is -0.336 e. The molecule has 0 bridgehead atoms. The van der Waals surface area contributed by atoms with E-state index in [1.807, 2.05) is 26.0 Å². The molecule has 0 unspecified atom stereocenters. The summed E-state index contributed by atoms with van der Waals surface area (Å²) in [6, 6.07) is 3.77. The first kappa shape index (κ1) is 22.4. The SMILES string of the molecule is CCCCCCCCCCCCCCNC(=O)n1nnc2cc(C)c(C)cc21. The third-order valence-corrected chi connectivity index (χ3v) is 5.56. The standard InChI is InChI=1S/C23H38N4O/c1-4-5-6-7-8-9-10-11-12-13-14-15-16-24-23(28)27-22-18-20(3)19(2)17-21(22)25-26-27/h17-18H,4-16H2,1-3H3,(H,24,28). The number of rotatable bonds is 13. The van der Waals surface area contributed by atoms with Crippen LogP contribution in [0.5, 0.6) is 0 Å². The summed E-state index contributed by atoms with van der Waals surface area (Å²) in [4.78, 5) is 12.4. The Morgan fingerprint density at radius 1 is 0.857 bits per heavy atom. The summed E-state index contributed by atoms with van der Waals surface area (Å²) in [5.74, 6) is 0. The van der Waals surface area contributed by atoms with Crippen LogP contribution >= 0.6 is 0 Å². The quantitative estimate of drug-likeness (QED) is 0.410. The lowest BCUT2D eigenvalue weighted by molar-refractivity contribution is 0.239. The second kappa shape index (κ2) is 12.5. The molecule has 1 amide bonds. The van der Waals surface area contributed by atoms with Crippen LogP contribution in [0.25, 0.3) is 11.0 Å². The zero-order valence-corrected chi connectivity index (χ0v) is 18.1.